The van der Waals surface area contributed by atoms with E-state index in [1.54, 1.807) is 49.8 Å². The summed E-state index contributed by atoms with van der Waals surface area (Å²) in [6.07, 6.45) is 11.4. The van der Waals surface area contributed by atoms with Gasteiger partial charge in [0.15, 0.2) is 5.78 Å². The standard InChI is InChI=1S/C16H16ClN5O2.C14H11ClN4.C10H8BrNO.C9H5BrO2S.C5H11NO.C4H9NO.CH4/c1-16(2,3)24-15(23)22-12-5-4-11(8-10(12)9-19-22)20-13-6-7-18-14(17)21-13;15-14-17-8-6-13(19-14)18-12-3-1-10(2-4-12)11-5-7-16-9-11;1-6(13)9-4-7-2-3-8(11)5-10(7)12-9;10-6-2-1-5-3-8(9(11)12)13-7(5)4-6;6-5-1-3-7-4-2-5;5-4-1-2-6-3-4;/h4-9H,1-3H3,(H,18,20,21);1-6,8-9H,7H2,(H,17,18,19);2-5,12H,1H3;1-4H,(H,11,12);5H,1-4,6H2;4H,1-3,5H2;1H4. The molecule has 0 amide bonds. The van der Waals surface area contributed by atoms with Crippen molar-refractivity contribution in [1.82, 2.24) is 34.7 Å². The maximum absolute atomic E-state index is 12.2. The molecule has 4 aromatic carbocycles. The average Bonchev–Trinajstić information content (AvgIpc) is 4.42. The highest BCUT2D eigenvalue weighted by Gasteiger charge is 2.20. The number of halogens is 4. The highest BCUT2D eigenvalue weighted by atomic mass is 79.9. The van der Waals surface area contributed by atoms with Crippen LogP contribution >= 0.6 is 66.4 Å². The summed E-state index contributed by atoms with van der Waals surface area (Å²) in [5.41, 5.74) is 16.8. The van der Waals surface area contributed by atoms with E-state index in [1.807, 2.05) is 106 Å². The number of benzene rings is 4. The monoisotopic (exact) mass is 1310 g/mol. The molecule has 0 saturated carbocycles. The number of carboxylic acid groups (broad SMARTS) is 1. The second-order valence-electron chi connectivity index (χ2n) is 19.4. The summed E-state index contributed by atoms with van der Waals surface area (Å²) in [5.74, 6) is 0.452. The van der Waals surface area contributed by atoms with Crippen molar-refractivity contribution in [3.63, 3.8) is 0 Å². The van der Waals surface area contributed by atoms with Gasteiger partial charge in [0.25, 0.3) is 0 Å². The molecule has 19 nitrogen and oxygen atoms in total. The van der Waals surface area contributed by atoms with Crippen LogP contribution in [0.3, 0.4) is 0 Å². The summed E-state index contributed by atoms with van der Waals surface area (Å²) in [7, 11) is 0. The van der Waals surface area contributed by atoms with E-state index in [1.165, 1.54) is 16.0 Å². The summed E-state index contributed by atoms with van der Waals surface area (Å²) >= 11 is 19.5. The topological polar surface area (TPSA) is 273 Å². The van der Waals surface area contributed by atoms with Crippen molar-refractivity contribution in [3.8, 4) is 0 Å². The summed E-state index contributed by atoms with van der Waals surface area (Å²) in [6, 6.07) is 33.0. The van der Waals surface area contributed by atoms with Gasteiger partial charge in [0.2, 0.25) is 10.6 Å². The smallest absolute Gasteiger partial charge is 0.435 e. The van der Waals surface area contributed by atoms with Crippen LogP contribution in [0.2, 0.25) is 10.6 Å². The Hall–Kier alpha value is -6.99. The van der Waals surface area contributed by atoms with E-state index in [0.29, 0.717) is 39.8 Å². The van der Waals surface area contributed by atoms with Crippen molar-refractivity contribution in [2.75, 3.05) is 43.6 Å². The Morgan fingerprint density at radius 2 is 1.39 bits per heavy atom. The number of Topliss-reactive ketones (excluding diaryl/α,β-unsaturated/α-hetero) is 1. The van der Waals surface area contributed by atoms with Crippen molar-refractivity contribution in [1.29, 1.82) is 0 Å². The van der Waals surface area contributed by atoms with Crippen LogP contribution in [0.1, 0.15) is 80.1 Å². The summed E-state index contributed by atoms with van der Waals surface area (Å²) < 4.78 is 19.6. The molecule has 24 heteroatoms. The van der Waals surface area contributed by atoms with Crippen molar-refractivity contribution >= 4 is 151 Å². The number of rotatable bonds is 7. The van der Waals surface area contributed by atoms with Crippen LogP contribution < -0.4 is 22.1 Å². The number of carboxylic acids is 1. The molecule has 436 valence electrons. The first kappa shape index (κ1) is 65.2. The lowest BCUT2D eigenvalue weighted by Gasteiger charge is -2.19. The number of ketones is 1. The number of carbonyl (C=O) groups is 3. The van der Waals surface area contributed by atoms with Crippen molar-refractivity contribution in [2.24, 2.45) is 16.5 Å². The summed E-state index contributed by atoms with van der Waals surface area (Å²) in [4.78, 5) is 57.3. The van der Waals surface area contributed by atoms with Crippen LogP contribution in [0.15, 0.2) is 142 Å². The number of allylic oxidation sites excluding steroid dienone is 1. The van der Waals surface area contributed by atoms with Gasteiger partial charge in [0, 0.05) is 98.7 Å². The van der Waals surface area contributed by atoms with E-state index < -0.39 is 17.7 Å². The third-order valence-electron chi connectivity index (χ3n) is 11.7. The van der Waals surface area contributed by atoms with Gasteiger partial charge in [-0.2, -0.15) is 9.78 Å². The number of nitrogens with two attached hydrogens (primary N) is 2. The largest absolute Gasteiger partial charge is 0.477 e. The lowest BCUT2D eigenvalue weighted by atomic mass is 10.1. The first-order chi connectivity index (χ1) is 39.2. The highest BCUT2D eigenvalue weighted by molar-refractivity contribution is 9.10. The fourth-order valence-electron chi connectivity index (χ4n) is 7.63. The molecule has 12 rings (SSSR count). The van der Waals surface area contributed by atoms with Gasteiger partial charge in [-0.25, -0.2) is 29.5 Å². The Balaban J connectivity index is 0.000000168. The van der Waals surface area contributed by atoms with Gasteiger partial charge in [-0.05, 0) is 159 Å². The maximum Gasteiger partial charge on any atom is 0.435 e. The zero-order chi connectivity index (χ0) is 58.8. The number of hydrogen-bond acceptors (Lipinski definition) is 17. The van der Waals surface area contributed by atoms with Gasteiger partial charge in [0.1, 0.15) is 22.1 Å². The van der Waals surface area contributed by atoms with Crippen LogP contribution in [-0.2, 0) is 14.2 Å². The molecule has 9 aromatic rings. The number of aromatic amines is 1. The van der Waals surface area contributed by atoms with Crippen LogP contribution in [0.4, 0.5) is 27.8 Å². The maximum atomic E-state index is 12.2. The van der Waals surface area contributed by atoms with Gasteiger partial charge in [0.05, 0.1) is 30.6 Å². The summed E-state index contributed by atoms with van der Waals surface area (Å²) in [5, 5.41) is 22.4. The third kappa shape index (κ3) is 21.0. The Labute approximate surface area is 511 Å². The molecule has 1 atom stereocenters. The van der Waals surface area contributed by atoms with E-state index in [0.717, 1.165) is 110 Å². The predicted octanol–water partition coefficient (Wildman–Crippen LogP) is 14.3. The Kier molecular flexibility index (Phi) is 24.8. The molecule has 0 radical (unpaired) electrons. The molecule has 0 spiro atoms. The number of H-pyrrole nitrogens is 1. The quantitative estimate of drug-likeness (QED) is 0.0639. The predicted molar refractivity (Wildman–Crippen MR) is 340 cm³/mol. The number of nitrogens with zero attached hydrogens (tertiary/aromatic N) is 7. The van der Waals surface area contributed by atoms with Crippen molar-refractivity contribution in [2.45, 2.75) is 72.1 Å². The van der Waals surface area contributed by atoms with E-state index in [4.69, 9.17) is 54.0 Å². The van der Waals surface area contributed by atoms with Crippen molar-refractivity contribution in [3.05, 3.63) is 163 Å². The lowest BCUT2D eigenvalue weighted by molar-refractivity contribution is 0.0522. The van der Waals surface area contributed by atoms with E-state index in [9.17, 15) is 14.4 Å². The Morgan fingerprint density at radius 1 is 0.771 bits per heavy atom. The van der Waals surface area contributed by atoms with E-state index >= 15 is 0 Å². The highest BCUT2D eigenvalue weighted by Crippen LogP contribution is 2.29. The second kappa shape index (κ2) is 31.6. The molecule has 8 N–H and O–H groups in total. The number of carbonyl (C=O) groups excluding carboxylic acids is 2. The van der Waals surface area contributed by atoms with Crippen molar-refractivity contribution < 1.29 is 33.7 Å². The van der Waals surface area contributed by atoms with Gasteiger partial charge in [-0.15, -0.1) is 11.3 Å². The normalized spacial score (nSPS) is 14.3. The number of fused-ring (bicyclic) bond motifs is 3. The number of nitrogens with one attached hydrogen (secondary N) is 3. The molecule has 0 bridgehead atoms. The molecule has 2 fully saturated rings. The Morgan fingerprint density at radius 3 is 1.93 bits per heavy atom. The number of aromatic carboxylic acids is 1. The minimum Gasteiger partial charge on any atom is -0.477 e. The molecule has 0 aliphatic carbocycles. The minimum atomic E-state index is -0.864. The van der Waals surface area contributed by atoms with Crippen LogP contribution in [-0.4, -0.2) is 115 Å². The molecule has 8 heterocycles. The molecular formula is C59H64Br2Cl2N12O7S. The van der Waals surface area contributed by atoms with Crippen LogP contribution in [0.5, 0.6) is 0 Å². The van der Waals surface area contributed by atoms with Crippen LogP contribution in [0, 0.1) is 0 Å². The number of anilines is 4. The number of aliphatic imine (C=N–C) groups is 1. The van der Waals surface area contributed by atoms with Gasteiger partial charge in [-0.1, -0.05) is 69.6 Å². The number of ether oxygens (including phenoxy) is 3. The lowest BCUT2D eigenvalue weighted by Crippen LogP contribution is -2.28. The van der Waals surface area contributed by atoms with E-state index in [2.05, 4.69) is 83.6 Å². The molecule has 83 heavy (non-hydrogen) atoms. The fourth-order valence-corrected chi connectivity index (χ4v) is 9.74. The molecule has 3 aliphatic rings. The SMILES string of the molecule is C.CC(=O)c1cc2ccc(Br)cc2[nH]1.CC(C)(C)OC(=O)n1ncc2cc(Nc3ccnc(Cl)n3)ccc21.Clc1nccc(Nc2ccc(C3=CCN=C3)cc2)n1.NC1CCOC1.NC1CCOCC1.O=C(O)c1cc2ccc(Br)cc2s1. The first-order valence-electron chi connectivity index (χ1n) is 25.7. The number of hydrogen-bond donors (Lipinski definition) is 6. The van der Waals surface area contributed by atoms with Gasteiger partial charge in [-0.3, -0.25) is 9.79 Å². The molecule has 3 aliphatic heterocycles. The molecule has 5 aromatic heterocycles. The zero-order valence-corrected chi connectivity index (χ0v) is 50.6. The third-order valence-corrected chi connectivity index (χ3v) is 14.1. The van der Waals surface area contributed by atoms with Gasteiger partial charge >= 0.3 is 12.1 Å². The van der Waals surface area contributed by atoms with E-state index in [-0.39, 0.29) is 23.8 Å². The minimum absolute atomic E-state index is 0. The zero-order valence-electron chi connectivity index (χ0n) is 45.1. The van der Waals surface area contributed by atoms with Gasteiger partial charge < -0.3 is 46.4 Å². The Bertz CT molecular complexity index is 3580. The van der Waals surface area contributed by atoms with Crippen LogP contribution in [0.25, 0.3) is 37.5 Å². The average molecular weight is 1320 g/mol. The molecular weight excluding hydrogens is 1250 g/mol. The number of thiophene rings is 1. The first-order valence-corrected chi connectivity index (χ1v) is 28.8. The number of aromatic nitrogens is 7. The molecule has 2 saturated heterocycles. The molecule has 1 unspecified atom stereocenters. The second-order valence-corrected chi connectivity index (χ2v) is 22.9. The fraction of sp³-hybridized carbons (Fsp3) is 0.271. The summed E-state index contributed by atoms with van der Waals surface area (Å²) in [6.45, 7) is 11.1.